The van der Waals surface area contributed by atoms with Gasteiger partial charge in [-0.15, -0.1) is 0 Å². The van der Waals surface area contributed by atoms with E-state index in [9.17, 15) is 8.42 Å². The Labute approximate surface area is 82.8 Å². The SMILES string of the molecule is NS(=O)(=O)N1CC=Cc2ccccc21. The highest BCUT2D eigenvalue weighted by Crippen LogP contribution is 2.26. The number of para-hydroxylation sites is 1. The molecule has 5 heteroatoms. The van der Waals surface area contributed by atoms with Crippen LogP contribution in [0.2, 0.25) is 0 Å². The van der Waals surface area contributed by atoms with Gasteiger partial charge in [-0.25, -0.2) is 5.14 Å². The van der Waals surface area contributed by atoms with Gasteiger partial charge in [-0.2, -0.15) is 8.42 Å². The average Bonchev–Trinajstić information content (AvgIpc) is 2.15. The lowest BCUT2D eigenvalue weighted by atomic mass is 10.1. The van der Waals surface area contributed by atoms with E-state index >= 15 is 0 Å². The van der Waals surface area contributed by atoms with Gasteiger partial charge in [0.2, 0.25) is 0 Å². The Balaban J connectivity index is 2.57. The lowest BCUT2D eigenvalue weighted by Gasteiger charge is -2.24. The number of rotatable bonds is 1. The van der Waals surface area contributed by atoms with E-state index in [2.05, 4.69) is 0 Å². The Morgan fingerprint density at radius 2 is 2.00 bits per heavy atom. The van der Waals surface area contributed by atoms with Gasteiger partial charge in [-0.3, -0.25) is 4.31 Å². The van der Waals surface area contributed by atoms with Crippen LogP contribution in [0.4, 0.5) is 5.69 Å². The zero-order chi connectivity index (χ0) is 10.2. The van der Waals surface area contributed by atoms with Crippen LogP contribution in [0.15, 0.2) is 30.3 Å². The largest absolute Gasteiger partial charge is 0.299 e. The van der Waals surface area contributed by atoms with Gasteiger partial charge in [0.25, 0.3) is 10.2 Å². The highest BCUT2D eigenvalue weighted by Gasteiger charge is 2.20. The Bertz CT molecular complexity index is 479. The number of hydrogen-bond donors (Lipinski definition) is 1. The molecule has 0 unspecified atom stereocenters. The van der Waals surface area contributed by atoms with E-state index in [-0.39, 0.29) is 0 Å². The van der Waals surface area contributed by atoms with Gasteiger partial charge in [0, 0.05) is 0 Å². The first-order valence-electron chi connectivity index (χ1n) is 4.15. The molecule has 2 rings (SSSR count). The number of nitrogens with zero attached hydrogens (tertiary/aromatic N) is 1. The Hall–Kier alpha value is -1.33. The van der Waals surface area contributed by atoms with Crippen molar-refractivity contribution in [3.05, 3.63) is 35.9 Å². The standard InChI is InChI=1S/C9H10N2O2S/c10-14(12,13)11-7-3-5-8-4-1-2-6-9(8)11/h1-6H,7H2,(H2,10,12,13). The monoisotopic (exact) mass is 210 g/mol. The lowest BCUT2D eigenvalue weighted by molar-refractivity contribution is 0.594. The maximum absolute atomic E-state index is 11.2. The van der Waals surface area contributed by atoms with Gasteiger partial charge in [0.15, 0.2) is 0 Å². The fraction of sp³-hybridized carbons (Fsp3) is 0.111. The molecule has 0 saturated carbocycles. The van der Waals surface area contributed by atoms with Crippen LogP contribution in [-0.4, -0.2) is 15.0 Å². The van der Waals surface area contributed by atoms with Gasteiger partial charge < -0.3 is 0 Å². The van der Waals surface area contributed by atoms with E-state index in [0.717, 1.165) is 5.56 Å². The summed E-state index contributed by atoms with van der Waals surface area (Å²) in [4.78, 5) is 0. The molecule has 1 aromatic carbocycles. The fourth-order valence-corrected chi connectivity index (χ4v) is 2.20. The van der Waals surface area contributed by atoms with Crippen LogP contribution in [-0.2, 0) is 10.2 Å². The highest BCUT2D eigenvalue weighted by molar-refractivity contribution is 7.90. The molecule has 1 aliphatic rings. The number of fused-ring (bicyclic) bond motifs is 1. The average molecular weight is 210 g/mol. The van der Waals surface area contributed by atoms with Crippen LogP contribution in [0.1, 0.15) is 5.56 Å². The first kappa shape index (κ1) is 9.23. The van der Waals surface area contributed by atoms with Gasteiger partial charge in [-0.05, 0) is 11.6 Å². The molecule has 0 spiro atoms. The smallest absolute Gasteiger partial charge is 0.254 e. The first-order valence-corrected chi connectivity index (χ1v) is 5.65. The molecule has 0 radical (unpaired) electrons. The molecule has 74 valence electrons. The quantitative estimate of drug-likeness (QED) is 0.742. The summed E-state index contributed by atoms with van der Waals surface area (Å²) in [5, 5.41) is 5.09. The summed E-state index contributed by atoms with van der Waals surface area (Å²) in [6.07, 6.45) is 3.66. The number of nitrogens with two attached hydrogens (primary N) is 1. The third-order valence-electron chi connectivity index (χ3n) is 2.08. The molecule has 0 aromatic heterocycles. The van der Waals surface area contributed by atoms with Crippen LogP contribution < -0.4 is 9.44 Å². The van der Waals surface area contributed by atoms with Crippen molar-refractivity contribution >= 4 is 22.0 Å². The molecule has 0 atom stereocenters. The van der Waals surface area contributed by atoms with Gasteiger partial charge in [-0.1, -0.05) is 30.4 Å². The lowest BCUT2D eigenvalue weighted by Crippen LogP contribution is -2.38. The van der Waals surface area contributed by atoms with Crippen molar-refractivity contribution in [1.82, 2.24) is 0 Å². The number of anilines is 1. The van der Waals surface area contributed by atoms with E-state index in [0.29, 0.717) is 12.2 Å². The van der Waals surface area contributed by atoms with Crippen molar-refractivity contribution in [3.8, 4) is 0 Å². The van der Waals surface area contributed by atoms with Gasteiger partial charge >= 0.3 is 0 Å². The Morgan fingerprint density at radius 1 is 1.29 bits per heavy atom. The molecule has 1 heterocycles. The summed E-state index contributed by atoms with van der Waals surface area (Å²) in [6.45, 7) is 0.301. The molecular formula is C9H10N2O2S. The molecule has 1 aromatic rings. The summed E-state index contributed by atoms with van der Waals surface area (Å²) < 4.78 is 23.6. The topological polar surface area (TPSA) is 63.4 Å². The van der Waals surface area contributed by atoms with E-state index in [1.54, 1.807) is 18.2 Å². The summed E-state index contributed by atoms with van der Waals surface area (Å²) >= 11 is 0. The minimum atomic E-state index is -3.66. The molecule has 1 aliphatic heterocycles. The zero-order valence-electron chi connectivity index (χ0n) is 7.42. The maximum atomic E-state index is 11.2. The van der Waals surface area contributed by atoms with Crippen LogP contribution in [0.25, 0.3) is 6.08 Å². The molecule has 0 fully saturated rings. The predicted molar refractivity (Wildman–Crippen MR) is 55.9 cm³/mol. The van der Waals surface area contributed by atoms with Crippen LogP contribution >= 0.6 is 0 Å². The van der Waals surface area contributed by atoms with Crippen molar-refractivity contribution in [3.63, 3.8) is 0 Å². The summed E-state index contributed by atoms with van der Waals surface area (Å²) in [6, 6.07) is 7.23. The molecule has 0 saturated heterocycles. The first-order chi connectivity index (χ1) is 6.59. The summed E-state index contributed by atoms with van der Waals surface area (Å²) in [5.41, 5.74) is 1.50. The maximum Gasteiger partial charge on any atom is 0.299 e. The second kappa shape index (κ2) is 3.11. The van der Waals surface area contributed by atoms with Crippen LogP contribution in [0, 0.1) is 0 Å². The second-order valence-electron chi connectivity index (χ2n) is 3.04. The molecular weight excluding hydrogens is 200 g/mol. The Morgan fingerprint density at radius 3 is 2.71 bits per heavy atom. The van der Waals surface area contributed by atoms with Gasteiger partial charge in [0.05, 0.1) is 12.2 Å². The summed E-state index contributed by atoms with van der Waals surface area (Å²) in [5.74, 6) is 0. The van der Waals surface area contributed by atoms with Crippen LogP contribution in [0.3, 0.4) is 0 Å². The summed E-state index contributed by atoms with van der Waals surface area (Å²) in [7, 11) is -3.66. The van der Waals surface area contributed by atoms with E-state index < -0.39 is 10.2 Å². The number of benzene rings is 1. The number of hydrogen-bond acceptors (Lipinski definition) is 2. The third-order valence-corrected chi connectivity index (χ3v) is 3.04. The van der Waals surface area contributed by atoms with Crippen molar-refractivity contribution in [2.45, 2.75) is 0 Å². The zero-order valence-corrected chi connectivity index (χ0v) is 8.24. The Kier molecular flexibility index (Phi) is 2.05. The van der Waals surface area contributed by atoms with Gasteiger partial charge in [0.1, 0.15) is 0 Å². The van der Waals surface area contributed by atoms with Crippen molar-refractivity contribution in [1.29, 1.82) is 0 Å². The molecule has 0 aliphatic carbocycles. The minimum absolute atomic E-state index is 0.301. The molecule has 2 N–H and O–H groups in total. The van der Waals surface area contributed by atoms with Crippen LogP contribution in [0.5, 0.6) is 0 Å². The van der Waals surface area contributed by atoms with Crippen molar-refractivity contribution < 1.29 is 8.42 Å². The van der Waals surface area contributed by atoms with E-state index in [1.807, 2.05) is 18.2 Å². The highest BCUT2D eigenvalue weighted by atomic mass is 32.2. The molecule has 0 bridgehead atoms. The van der Waals surface area contributed by atoms with Crippen molar-refractivity contribution in [2.75, 3.05) is 10.8 Å². The molecule has 14 heavy (non-hydrogen) atoms. The molecule has 0 amide bonds. The normalized spacial score (nSPS) is 15.4. The molecule has 4 nitrogen and oxygen atoms in total. The second-order valence-corrected chi connectivity index (χ2v) is 4.51. The van der Waals surface area contributed by atoms with Crippen molar-refractivity contribution in [2.24, 2.45) is 5.14 Å². The predicted octanol–water partition coefficient (Wildman–Crippen LogP) is 0.723. The third kappa shape index (κ3) is 1.51. The minimum Gasteiger partial charge on any atom is -0.254 e. The van der Waals surface area contributed by atoms with E-state index in [1.165, 1.54) is 4.31 Å². The van der Waals surface area contributed by atoms with E-state index in [4.69, 9.17) is 5.14 Å². The fourth-order valence-electron chi connectivity index (χ4n) is 1.47.